The molecule has 2 aromatic carbocycles. The first-order chi connectivity index (χ1) is 9.78. The zero-order valence-electron chi connectivity index (χ0n) is 12.1. The minimum atomic E-state index is 0. The van der Waals surface area contributed by atoms with Crippen molar-refractivity contribution in [2.45, 2.75) is 20.1 Å². The van der Waals surface area contributed by atoms with Crippen LogP contribution in [0.2, 0.25) is 0 Å². The molecule has 0 aliphatic carbocycles. The minimum Gasteiger partial charge on any atom is -0.489 e. The van der Waals surface area contributed by atoms with Gasteiger partial charge >= 0.3 is 0 Å². The molecule has 1 N–H and O–H groups in total. The molecular formula is C18H20ClNO. The standard InChI is InChI=1S/C18H19NO.ClH/c1-3-10-19-13-16-7-5-9-18(12-16)20-14-17-8-4-6-15(2)11-17;/h1,4-9,11-12,19H,10,13-14H2,2H3;1H. The number of benzene rings is 2. The highest BCUT2D eigenvalue weighted by molar-refractivity contribution is 5.85. The van der Waals surface area contributed by atoms with Crippen LogP contribution < -0.4 is 10.1 Å². The summed E-state index contributed by atoms with van der Waals surface area (Å²) in [5, 5.41) is 3.17. The van der Waals surface area contributed by atoms with Gasteiger partial charge in [-0.2, -0.15) is 0 Å². The van der Waals surface area contributed by atoms with Gasteiger partial charge in [0, 0.05) is 6.54 Å². The van der Waals surface area contributed by atoms with Gasteiger partial charge in [-0.3, -0.25) is 0 Å². The second-order valence-electron chi connectivity index (χ2n) is 4.73. The van der Waals surface area contributed by atoms with Crippen LogP contribution in [0.25, 0.3) is 0 Å². The van der Waals surface area contributed by atoms with Crippen LogP contribution in [0.5, 0.6) is 5.75 Å². The molecule has 0 saturated carbocycles. The molecule has 0 spiro atoms. The number of hydrogen-bond acceptors (Lipinski definition) is 2. The van der Waals surface area contributed by atoms with Gasteiger partial charge in [0.15, 0.2) is 0 Å². The Morgan fingerprint density at radius 3 is 2.62 bits per heavy atom. The van der Waals surface area contributed by atoms with Crippen molar-refractivity contribution in [1.29, 1.82) is 0 Å². The van der Waals surface area contributed by atoms with E-state index in [-0.39, 0.29) is 12.4 Å². The molecule has 0 fully saturated rings. The molecule has 0 aromatic heterocycles. The van der Waals surface area contributed by atoms with Crippen molar-refractivity contribution in [3.8, 4) is 18.1 Å². The van der Waals surface area contributed by atoms with Gasteiger partial charge in [0.1, 0.15) is 12.4 Å². The summed E-state index contributed by atoms with van der Waals surface area (Å²) in [6.07, 6.45) is 5.21. The number of rotatable bonds is 6. The van der Waals surface area contributed by atoms with E-state index in [0.717, 1.165) is 12.3 Å². The van der Waals surface area contributed by atoms with Crippen molar-refractivity contribution >= 4 is 12.4 Å². The Bertz CT molecular complexity index is 604. The van der Waals surface area contributed by atoms with Crippen LogP contribution in [0, 0.1) is 19.3 Å². The lowest BCUT2D eigenvalue weighted by molar-refractivity contribution is 0.306. The van der Waals surface area contributed by atoms with Gasteiger partial charge in [0.05, 0.1) is 6.54 Å². The summed E-state index contributed by atoms with van der Waals surface area (Å²) >= 11 is 0. The van der Waals surface area contributed by atoms with Crippen molar-refractivity contribution in [3.05, 3.63) is 65.2 Å². The highest BCUT2D eigenvalue weighted by Crippen LogP contribution is 2.15. The van der Waals surface area contributed by atoms with Gasteiger partial charge in [-0.1, -0.05) is 47.9 Å². The molecular weight excluding hydrogens is 282 g/mol. The summed E-state index contributed by atoms with van der Waals surface area (Å²) in [5.74, 6) is 3.44. The predicted molar refractivity (Wildman–Crippen MR) is 89.7 cm³/mol. The summed E-state index contributed by atoms with van der Waals surface area (Å²) in [7, 11) is 0. The van der Waals surface area contributed by atoms with Gasteiger partial charge in [0.25, 0.3) is 0 Å². The predicted octanol–water partition coefficient (Wildman–Crippen LogP) is 3.72. The Balaban J connectivity index is 0.00000220. The van der Waals surface area contributed by atoms with Gasteiger partial charge in [-0.05, 0) is 30.2 Å². The van der Waals surface area contributed by atoms with Gasteiger partial charge < -0.3 is 10.1 Å². The van der Waals surface area contributed by atoms with E-state index in [9.17, 15) is 0 Å². The van der Waals surface area contributed by atoms with Crippen molar-refractivity contribution in [2.75, 3.05) is 6.54 Å². The molecule has 110 valence electrons. The fraction of sp³-hybridized carbons (Fsp3) is 0.222. The Morgan fingerprint density at radius 2 is 1.86 bits per heavy atom. The number of aryl methyl sites for hydroxylation is 1. The maximum atomic E-state index is 5.83. The monoisotopic (exact) mass is 301 g/mol. The Morgan fingerprint density at radius 1 is 1.10 bits per heavy atom. The Hall–Kier alpha value is -1.95. The summed E-state index contributed by atoms with van der Waals surface area (Å²) in [6.45, 7) is 4.00. The molecule has 2 nitrogen and oxygen atoms in total. The van der Waals surface area contributed by atoms with Crippen LogP contribution in [0.15, 0.2) is 48.5 Å². The summed E-state index contributed by atoms with van der Waals surface area (Å²) < 4.78 is 5.83. The van der Waals surface area contributed by atoms with Gasteiger partial charge in [-0.25, -0.2) is 0 Å². The lowest BCUT2D eigenvalue weighted by atomic mass is 10.1. The summed E-state index contributed by atoms with van der Waals surface area (Å²) in [5.41, 5.74) is 3.60. The smallest absolute Gasteiger partial charge is 0.120 e. The van der Waals surface area contributed by atoms with Crippen molar-refractivity contribution in [2.24, 2.45) is 0 Å². The van der Waals surface area contributed by atoms with Crippen LogP contribution in [-0.2, 0) is 13.2 Å². The molecule has 0 aliphatic rings. The highest BCUT2D eigenvalue weighted by atomic mass is 35.5. The molecule has 0 aliphatic heterocycles. The highest BCUT2D eigenvalue weighted by Gasteiger charge is 1.98. The largest absolute Gasteiger partial charge is 0.489 e. The van der Waals surface area contributed by atoms with Gasteiger partial charge in [0.2, 0.25) is 0 Å². The third-order valence-electron chi connectivity index (χ3n) is 2.94. The second-order valence-corrected chi connectivity index (χ2v) is 4.73. The lowest BCUT2D eigenvalue weighted by Crippen LogP contribution is -2.12. The zero-order valence-corrected chi connectivity index (χ0v) is 13.0. The first kappa shape index (κ1) is 17.1. The minimum absolute atomic E-state index is 0. The lowest BCUT2D eigenvalue weighted by Gasteiger charge is -2.09. The van der Waals surface area contributed by atoms with Crippen LogP contribution in [0.4, 0.5) is 0 Å². The molecule has 0 unspecified atom stereocenters. The molecule has 2 aromatic rings. The molecule has 0 atom stereocenters. The molecule has 0 bridgehead atoms. The van der Waals surface area contributed by atoms with E-state index in [0.29, 0.717) is 13.2 Å². The van der Waals surface area contributed by atoms with Crippen LogP contribution in [0.3, 0.4) is 0 Å². The summed E-state index contributed by atoms with van der Waals surface area (Å²) in [6, 6.07) is 16.4. The third kappa shape index (κ3) is 5.91. The summed E-state index contributed by atoms with van der Waals surface area (Å²) in [4.78, 5) is 0. The number of ether oxygens (including phenoxy) is 1. The van der Waals surface area contributed by atoms with E-state index in [1.807, 2.05) is 24.3 Å². The van der Waals surface area contributed by atoms with E-state index in [1.54, 1.807) is 0 Å². The Labute approximate surface area is 132 Å². The van der Waals surface area contributed by atoms with Crippen molar-refractivity contribution < 1.29 is 4.74 Å². The van der Waals surface area contributed by atoms with E-state index >= 15 is 0 Å². The average Bonchev–Trinajstić information content (AvgIpc) is 2.46. The fourth-order valence-electron chi connectivity index (χ4n) is 1.99. The molecule has 21 heavy (non-hydrogen) atoms. The number of terminal acetylenes is 1. The molecule has 0 amide bonds. The van der Waals surface area contributed by atoms with Crippen LogP contribution in [0.1, 0.15) is 16.7 Å². The molecule has 0 saturated heterocycles. The van der Waals surface area contributed by atoms with E-state index < -0.39 is 0 Å². The van der Waals surface area contributed by atoms with Crippen molar-refractivity contribution in [3.63, 3.8) is 0 Å². The SMILES string of the molecule is C#CCNCc1cccc(OCc2cccc(C)c2)c1.Cl. The molecule has 3 heteroatoms. The van der Waals surface area contributed by atoms with E-state index in [2.05, 4.69) is 42.4 Å². The third-order valence-corrected chi connectivity index (χ3v) is 2.94. The maximum Gasteiger partial charge on any atom is 0.120 e. The second kappa shape index (κ2) is 9.07. The molecule has 0 heterocycles. The first-order valence-corrected chi connectivity index (χ1v) is 6.69. The van der Waals surface area contributed by atoms with Crippen molar-refractivity contribution in [1.82, 2.24) is 5.32 Å². The molecule has 0 radical (unpaired) electrons. The van der Waals surface area contributed by atoms with Gasteiger partial charge in [-0.15, -0.1) is 18.8 Å². The number of halogens is 1. The Kier molecular flexibility index (Phi) is 7.39. The molecule has 2 rings (SSSR count). The van der Waals surface area contributed by atoms with E-state index in [1.165, 1.54) is 16.7 Å². The topological polar surface area (TPSA) is 21.3 Å². The zero-order chi connectivity index (χ0) is 14.2. The first-order valence-electron chi connectivity index (χ1n) is 6.69. The van der Waals surface area contributed by atoms with Crippen LogP contribution in [-0.4, -0.2) is 6.54 Å². The normalized spacial score (nSPS) is 9.52. The van der Waals surface area contributed by atoms with E-state index in [4.69, 9.17) is 11.2 Å². The van der Waals surface area contributed by atoms with Crippen LogP contribution >= 0.6 is 12.4 Å². The quantitative estimate of drug-likeness (QED) is 0.648. The number of nitrogens with one attached hydrogen (secondary N) is 1. The maximum absolute atomic E-state index is 5.83. The number of hydrogen-bond donors (Lipinski definition) is 1. The average molecular weight is 302 g/mol. The fourth-order valence-corrected chi connectivity index (χ4v) is 1.99.